The van der Waals surface area contributed by atoms with Crippen LogP contribution in [0.3, 0.4) is 0 Å². The van der Waals surface area contributed by atoms with Gasteiger partial charge in [-0.25, -0.2) is 8.42 Å². The molecule has 0 radical (unpaired) electrons. The average Bonchev–Trinajstić information content (AvgIpc) is 2.85. The van der Waals surface area contributed by atoms with Gasteiger partial charge in [-0.15, -0.1) is 0 Å². The second-order valence-electron chi connectivity index (χ2n) is 8.07. The van der Waals surface area contributed by atoms with Gasteiger partial charge in [0.1, 0.15) is 5.92 Å². The number of benzene rings is 3. The SMILES string of the molecule is COc1ccc(CCc2ccc(NC(=O)C3CS(=O)(=O)c4ccccc4C3=O)cc2)cc1OC. The zero-order valence-electron chi connectivity index (χ0n) is 18.9. The first-order valence-corrected chi connectivity index (χ1v) is 12.4. The van der Waals surface area contributed by atoms with Gasteiger partial charge in [0.2, 0.25) is 5.91 Å². The van der Waals surface area contributed by atoms with Crippen molar-refractivity contribution in [2.75, 3.05) is 25.3 Å². The van der Waals surface area contributed by atoms with E-state index in [4.69, 9.17) is 9.47 Å². The Morgan fingerprint density at radius 2 is 1.56 bits per heavy atom. The summed E-state index contributed by atoms with van der Waals surface area (Å²) >= 11 is 0. The Morgan fingerprint density at radius 1 is 0.912 bits per heavy atom. The molecule has 34 heavy (non-hydrogen) atoms. The number of ether oxygens (including phenoxy) is 2. The van der Waals surface area contributed by atoms with Crippen molar-refractivity contribution in [3.8, 4) is 11.5 Å². The predicted molar refractivity (Wildman–Crippen MR) is 128 cm³/mol. The standard InChI is InChI=1S/C26H25NO6S/c1-32-22-14-11-18(15-23(22)33-2)8-7-17-9-12-19(13-10-17)27-26(29)21-16-34(30,31)24-6-4-3-5-20(24)25(21)28/h3-6,9-15,21H,7-8,16H2,1-2H3,(H,27,29). The maximum atomic E-state index is 12.8. The molecule has 176 valence electrons. The zero-order valence-corrected chi connectivity index (χ0v) is 19.7. The number of ketones is 1. The first kappa shape index (κ1) is 23.5. The number of amides is 1. The maximum absolute atomic E-state index is 12.8. The molecule has 3 aromatic rings. The summed E-state index contributed by atoms with van der Waals surface area (Å²) in [5, 5.41) is 2.68. The minimum atomic E-state index is -3.71. The van der Waals surface area contributed by atoms with E-state index in [-0.39, 0.29) is 10.5 Å². The van der Waals surface area contributed by atoms with Crippen molar-refractivity contribution in [2.45, 2.75) is 17.7 Å². The van der Waals surface area contributed by atoms with Crippen LogP contribution in [0.15, 0.2) is 71.6 Å². The van der Waals surface area contributed by atoms with Crippen molar-refractivity contribution in [3.05, 3.63) is 83.4 Å². The largest absolute Gasteiger partial charge is 0.493 e. The molecule has 0 bridgehead atoms. The first-order valence-electron chi connectivity index (χ1n) is 10.8. The van der Waals surface area contributed by atoms with Gasteiger partial charge in [-0.05, 0) is 54.3 Å². The lowest BCUT2D eigenvalue weighted by Gasteiger charge is -2.22. The van der Waals surface area contributed by atoms with Crippen molar-refractivity contribution >= 4 is 27.2 Å². The number of hydrogen-bond acceptors (Lipinski definition) is 6. The molecule has 8 heteroatoms. The number of aryl methyl sites for hydroxylation is 2. The molecule has 1 aliphatic heterocycles. The molecule has 1 heterocycles. The fourth-order valence-electron chi connectivity index (χ4n) is 4.02. The van der Waals surface area contributed by atoms with Crippen LogP contribution in [-0.2, 0) is 27.5 Å². The molecule has 0 saturated carbocycles. The fraction of sp³-hybridized carbons (Fsp3) is 0.231. The molecular weight excluding hydrogens is 454 g/mol. The molecule has 3 aromatic carbocycles. The van der Waals surface area contributed by atoms with Crippen molar-refractivity contribution < 1.29 is 27.5 Å². The molecule has 0 aromatic heterocycles. The van der Waals surface area contributed by atoms with Crippen LogP contribution in [-0.4, -0.2) is 40.1 Å². The Hall–Kier alpha value is -3.65. The van der Waals surface area contributed by atoms with Crippen LogP contribution in [0.4, 0.5) is 5.69 Å². The number of rotatable bonds is 7. The Bertz CT molecular complexity index is 1330. The average molecular weight is 480 g/mol. The number of nitrogens with one attached hydrogen (secondary N) is 1. The van der Waals surface area contributed by atoms with Gasteiger partial charge < -0.3 is 14.8 Å². The molecule has 1 atom stereocenters. The highest BCUT2D eigenvalue weighted by molar-refractivity contribution is 7.91. The first-order chi connectivity index (χ1) is 16.3. The lowest BCUT2D eigenvalue weighted by Crippen LogP contribution is -2.39. The molecule has 0 saturated heterocycles. The molecule has 1 unspecified atom stereocenters. The summed E-state index contributed by atoms with van der Waals surface area (Å²) in [5.41, 5.74) is 2.74. The van der Waals surface area contributed by atoms with Crippen LogP contribution in [0.1, 0.15) is 21.5 Å². The van der Waals surface area contributed by atoms with Crippen molar-refractivity contribution in [1.82, 2.24) is 0 Å². The number of sulfone groups is 1. The number of methoxy groups -OCH3 is 2. The number of carbonyl (C=O) groups is 2. The van der Waals surface area contributed by atoms with E-state index >= 15 is 0 Å². The summed E-state index contributed by atoms with van der Waals surface area (Å²) in [4.78, 5) is 25.5. The Kier molecular flexibility index (Phi) is 6.70. The molecule has 7 nitrogen and oxygen atoms in total. The van der Waals surface area contributed by atoms with Crippen molar-refractivity contribution in [3.63, 3.8) is 0 Å². The van der Waals surface area contributed by atoms with E-state index in [1.165, 1.54) is 12.1 Å². The highest BCUT2D eigenvalue weighted by Crippen LogP contribution is 2.30. The van der Waals surface area contributed by atoms with Crippen molar-refractivity contribution in [1.29, 1.82) is 0 Å². The van der Waals surface area contributed by atoms with Gasteiger partial charge in [-0.2, -0.15) is 0 Å². The number of carbonyl (C=O) groups excluding carboxylic acids is 2. The van der Waals surface area contributed by atoms with Gasteiger partial charge in [-0.1, -0.05) is 36.4 Å². The van der Waals surface area contributed by atoms with Crippen LogP contribution in [0, 0.1) is 5.92 Å². The second-order valence-corrected chi connectivity index (χ2v) is 10.1. The van der Waals surface area contributed by atoms with Crippen molar-refractivity contribution in [2.24, 2.45) is 5.92 Å². The highest BCUT2D eigenvalue weighted by atomic mass is 32.2. The van der Waals surface area contributed by atoms with E-state index in [1.807, 2.05) is 30.3 Å². The van der Waals surface area contributed by atoms with E-state index in [9.17, 15) is 18.0 Å². The molecular formula is C26H25NO6S. The minimum Gasteiger partial charge on any atom is -0.493 e. The van der Waals surface area contributed by atoms with E-state index in [1.54, 1.807) is 38.5 Å². The second kappa shape index (κ2) is 9.69. The third kappa shape index (κ3) is 4.82. The van der Waals surface area contributed by atoms with Crippen LogP contribution >= 0.6 is 0 Å². The lowest BCUT2D eigenvalue weighted by atomic mass is 9.97. The van der Waals surface area contributed by atoms with Gasteiger partial charge >= 0.3 is 0 Å². The van der Waals surface area contributed by atoms with E-state index in [2.05, 4.69) is 5.32 Å². The molecule has 0 aliphatic carbocycles. The van der Waals surface area contributed by atoms with Gasteiger partial charge in [0.05, 0.1) is 24.9 Å². The van der Waals surface area contributed by atoms with Gasteiger partial charge in [-0.3, -0.25) is 9.59 Å². The zero-order chi connectivity index (χ0) is 24.3. The monoisotopic (exact) mass is 479 g/mol. The number of fused-ring (bicyclic) bond motifs is 1. The smallest absolute Gasteiger partial charge is 0.236 e. The molecule has 1 amide bonds. The normalized spacial score (nSPS) is 16.4. The van der Waals surface area contributed by atoms with E-state index < -0.39 is 33.2 Å². The summed E-state index contributed by atoms with van der Waals surface area (Å²) in [6.45, 7) is 0. The third-order valence-corrected chi connectivity index (χ3v) is 7.68. The Labute approximate surface area is 198 Å². The lowest BCUT2D eigenvalue weighted by molar-refractivity contribution is -0.118. The molecule has 1 aliphatic rings. The third-order valence-electron chi connectivity index (χ3n) is 5.88. The molecule has 4 rings (SSSR count). The molecule has 0 spiro atoms. The molecule has 0 fully saturated rings. The molecule has 1 N–H and O–H groups in total. The Balaban J connectivity index is 1.40. The Morgan fingerprint density at radius 3 is 2.26 bits per heavy atom. The summed E-state index contributed by atoms with van der Waals surface area (Å²) in [6, 6.07) is 19.1. The van der Waals surface area contributed by atoms with Gasteiger partial charge in [0, 0.05) is 11.3 Å². The summed E-state index contributed by atoms with van der Waals surface area (Å²) in [7, 11) is -0.512. The summed E-state index contributed by atoms with van der Waals surface area (Å²) in [5.74, 6) is -1.54. The summed E-state index contributed by atoms with van der Waals surface area (Å²) < 4.78 is 35.7. The number of anilines is 1. The van der Waals surface area contributed by atoms with E-state index in [0.29, 0.717) is 17.2 Å². The van der Waals surface area contributed by atoms with Crippen LogP contribution in [0.25, 0.3) is 0 Å². The van der Waals surface area contributed by atoms with Gasteiger partial charge in [0.15, 0.2) is 27.1 Å². The fourth-order valence-corrected chi connectivity index (χ4v) is 5.73. The quantitative estimate of drug-likeness (QED) is 0.519. The topological polar surface area (TPSA) is 98.8 Å². The van der Waals surface area contributed by atoms with Crippen LogP contribution in [0.2, 0.25) is 0 Å². The highest BCUT2D eigenvalue weighted by Gasteiger charge is 2.40. The van der Waals surface area contributed by atoms with E-state index in [0.717, 1.165) is 24.0 Å². The van der Waals surface area contributed by atoms with Crippen LogP contribution in [0.5, 0.6) is 11.5 Å². The predicted octanol–water partition coefficient (Wildman–Crippen LogP) is 3.71. The van der Waals surface area contributed by atoms with Crippen LogP contribution < -0.4 is 14.8 Å². The minimum absolute atomic E-state index is 0.0112. The maximum Gasteiger partial charge on any atom is 0.236 e. The van der Waals surface area contributed by atoms with Gasteiger partial charge in [0.25, 0.3) is 0 Å². The number of Topliss-reactive ketones (excluding diaryl/α,β-unsaturated/α-hetero) is 1. The summed E-state index contributed by atoms with van der Waals surface area (Å²) in [6.07, 6.45) is 1.57. The number of hydrogen-bond donors (Lipinski definition) is 1.